The van der Waals surface area contributed by atoms with E-state index in [0.29, 0.717) is 5.88 Å². The van der Waals surface area contributed by atoms with Gasteiger partial charge in [0, 0.05) is 28.6 Å². The predicted molar refractivity (Wildman–Crippen MR) is 72.2 cm³/mol. The van der Waals surface area contributed by atoms with Crippen molar-refractivity contribution in [2.45, 2.75) is 31.2 Å². The molecule has 1 saturated carbocycles. The van der Waals surface area contributed by atoms with Crippen LogP contribution in [0, 0.1) is 5.92 Å². The molecule has 86 valence electrons. The van der Waals surface area contributed by atoms with Crippen LogP contribution in [0.4, 0.5) is 5.69 Å². The van der Waals surface area contributed by atoms with E-state index >= 15 is 0 Å². The number of hydrogen-bond acceptors (Lipinski definition) is 1. The van der Waals surface area contributed by atoms with E-state index in [2.05, 4.69) is 39.0 Å². The van der Waals surface area contributed by atoms with Crippen LogP contribution in [0.25, 0.3) is 0 Å². The molecule has 0 spiro atoms. The molecule has 3 heteroatoms. The molecule has 1 heterocycles. The van der Waals surface area contributed by atoms with Crippen LogP contribution in [0.15, 0.2) is 22.7 Å². The Labute approximate surface area is 110 Å². The lowest BCUT2D eigenvalue weighted by Gasteiger charge is -2.31. The summed E-state index contributed by atoms with van der Waals surface area (Å²) in [5, 5.41) is 0. The summed E-state index contributed by atoms with van der Waals surface area (Å²) in [7, 11) is 0. The molecule has 1 aromatic rings. The third kappa shape index (κ3) is 1.76. The summed E-state index contributed by atoms with van der Waals surface area (Å²) in [5.74, 6) is 1.53. The molecule has 2 bridgehead atoms. The summed E-state index contributed by atoms with van der Waals surface area (Å²) in [6.07, 6.45) is 4.17. The molecule has 1 saturated heterocycles. The highest BCUT2D eigenvalue weighted by Crippen LogP contribution is 2.42. The van der Waals surface area contributed by atoms with Gasteiger partial charge in [-0.2, -0.15) is 0 Å². The Hall–Kier alpha value is -0.210. The van der Waals surface area contributed by atoms with Crippen molar-refractivity contribution in [2.75, 3.05) is 11.4 Å². The number of anilines is 1. The lowest BCUT2D eigenvalue weighted by atomic mass is 10.1. The monoisotopic (exact) mass is 299 g/mol. The van der Waals surface area contributed by atoms with Crippen LogP contribution in [0.2, 0.25) is 0 Å². The van der Waals surface area contributed by atoms with E-state index in [4.69, 9.17) is 11.6 Å². The Morgan fingerprint density at radius 3 is 2.88 bits per heavy atom. The number of halogens is 2. The Morgan fingerprint density at radius 1 is 1.38 bits per heavy atom. The highest BCUT2D eigenvalue weighted by molar-refractivity contribution is 9.10. The van der Waals surface area contributed by atoms with E-state index in [9.17, 15) is 0 Å². The first kappa shape index (κ1) is 10.9. The summed E-state index contributed by atoms with van der Waals surface area (Å²) in [5.41, 5.74) is 2.61. The Morgan fingerprint density at radius 2 is 2.25 bits per heavy atom. The molecule has 1 aliphatic heterocycles. The molecule has 16 heavy (non-hydrogen) atoms. The fourth-order valence-corrected chi connectivity index (χ4v) is 3.71. The van der Waals surface area contributed by atoms with Crippen molar-refractivity contribution in [2.24, 2.45) is 5.92 Å². The maximum Gasteiger partial charge on any atom is 0.0494 e. The van der Waals surface area contributed by atoms with Crippen LogP contribution in [0.1, 0.15) is 24.8 Å². The summed E-state index contributed by atoms with van der Waals surface area (Å²) in [6.45, 7) is 1.23. The van der Waals surface area contributed by atoms with Gasteiger partial charge in [0.05, 0.1) is 0 Å². The van der Waals surface area contributed by atoms with Crippen LogP contribution in [0.5, 0.6) is 0 Å². The third-order valence-corrected chi connectivity index (χ3v) is 4.69. The van der Waals surface area contributed by atoms with Crippen LogP contribution in [-0.4, -0.2) is 12.6 Å². The number of hydrogen-bond donors (Lipinski definition) is 0. The van der Waals surface area contributed by atoms with E-state index in [1.54, 1.807) is 0 Å². The van der Waals surface area contributed by atoms with Gasteiger partial charge in [-0.25, -0.2) is 0 Å². The van der Waals surface area contributed by atoms with Crippen molar-refractivity contribution in [3.63, 3.8) is 0 Å². The molecule has 0 amide bonds. The summed E-state index contributed by atoms with van der Waals surface area (Å²) >= 11 is 9.58. The first-order valence-corrected chi connectivity index (χ1v) is 7.21. The SMILES string of the molecule is ClCc1ccc(Br)cc1N1CC2CCC1C2. The van der Waals surface area contributed by atoms with Crippen LogP contribution < -0.4 is 4.90 Å². The molecule has 3 rings (SSSR count). The van der Waals surface area contributed by atoms with Gasteiger partial charge in [-0.05, 0) is 42.9 Å². The summed E-state index contributed by atoms with van der Waals surface area (Å²) in [4.78, 5) is 2.57. The number of alkyl halides is 1. The molecular weight excluding hydrogens is 286 g/mol. The lowest BCUT2D eigenvalue weighted by molar-refractivity contribution is 0.553. The van der Waals surface area contributed by atoms with Crippen LogP contribution in [0.3, 0.4) is 0 Å². The molecule has 1 aromatic carbocycles. The second-order valence-corrected chi connectivity index (χ2v) is 6.07. The minimum atomic E-state index is 0.608. The smallest absolute Gasteiger partial charge is 0.0494 e. The zero-order valence-corrected chi connectivity index (χ0v) is 11.5. The van der Waals surface area contributed by atoms with Gasteiger partial charge in [0.15, 0.2) is 0 Å². The Bertz CT molecular complexity index is 407. The van der Waals surface area contributed by atoms with Crippen LogP contribution >= 0.6 is 27.5 Å². The van der Waals surface area contributed by atoms with E-state index in [1.807, 2.05) is 0 Å². The maximum absolute atomic E-state index is 6.02. The second kappa shape index (κ2) is 4.23. The standard InChI is InChI=1S/C13H15BrClN/c14-11-3-2-10(7-15)13(6-11)16-8-9-1-4-12(16)5-9/h2-3,6,9,12H,1,4-5,7-8H2. The molecular formula is C13H15BrClN. The highest BCUT2D eigenvalue weighted by atomic mass is 79.9. The van der Waals surface area contributed by atoms with Gasteiger partial charge in [-0.1, -0.05) is 22.0 Å². The topological polar surface area (TPSA) is 3.24 Å². The minimum absolute atomic E-state index is 0.608. The molecule has 1 nitrogen and oxygen atoms in total. The predicted octanol–water partition coefficient (Wildman–Crippen LogP) is 4.18. The molecule has 2 atom stereocenters. The van der Waals surface area contributed by atoms with Gasteiger partial charge < -0.3 is 4.90 Å². The normalized spacial score (nSPS) is 27.8. The van der Waals surface area contributed by atoms with Crippen molar-refractivity contribution in [1.82, 2.24) is 0 Å². The van der Waals surface area contributed by atoms with E-state index in [0.717, 1.165) is 16.4 Å². The fourth-order valence-electron chi connectivity index (χ4n) is 3.14. The molecule has 0 radical (unpaired) electrons. The van der Waals surface area contributed by atoms with Gasteiger partial charge in [0.25, 0.3) is 0 Å². The van der Waals surface area contributed by atoms with Crippen molar-refractivity contribution in [1.29, 1.82) is 0 Å². The Kier molecular flexibility index (Phi) is 2.88. The number of rotatable bonds is 2. The molecule has 1 aliphatic carbocycles. The lowest BCUT2D eigenvalue weighted by Crippen LogP contribution is -2.32. The van der Waals surface area contributed by atoms with Crippen molar-refractivity contribution >= 4 is 33.2 Å². The Balaban J connectivity index is 1.96. The van der Waals surface area contributed by atoms with E-state index in [-0.39, 0.29) is 0 Å². The number of nitrogens with zero attached hydrogens (tertiary/aromatic N) is 1. The highest BCUT2D eigenvalue weighted by Gasteiger charge is 2.38. The number of piperidine rings is 1. The summed E-state index contributed by atoms with van der Waals surface area (Å²) < 4.78 is 1.15. The van der Waals surface area contributed by atoms with Gasteiger partial charge in [0.2, 0.25) is 0 Å². The summed E-state index contributed by atoms with van der Waals surface area (Å²) in [6, 6.07) is 7.20. The zero-order valence-electron chi connectivity index (χ0n) is 9.13. The zero-order chi connectivity index (χ0) is 11.1. The molecule has 0 N–H and O–H groups in total. The molecule has 2 unspecified atom stereocenters. The minimum Gasteiger partial charge on any atom is -0.368 e. The third-order valence-electron chi connectivity index (χ3n) is 3.91. The second-order valence-electron chi connectivity index (χ2n) is 4.89. The first-order valence-electron chi connectivity index (χ1n) is 5.89. The fraction of sp³-hybridized carbons (Fsp3) is 0.538. The van der Waals surface area contributed by atoms with Crippen LogP contribution in [-0.2, 0) is 5.88 Å². The largest absolute Gasteiger partial charge is 0.368 e. The van der Waals surface area contributed by atoms with Gasteiger partial charge in [-0.15, -0.1) is 11.6 Å². The molecule has 2 aliphatic rings. The van der Waals surface area contributed by atoms with Crippen molar-refractivity contribution in [3.05, 3.63) is 28.2 Å². The maximum atomic E-state index is 6.02. The average molecular weight is 301 g/mol. The molecule has 0 aromatic heterocycles. The van der Waals surface area contributed by atoms with E-state index in [1.165, 1.54) is 37.1 Å². The van der Waals surface area contributed by atoms with Gasteiger partial charge in [0.1, 0.15) is 0 Å². The molecule has 2 fully saturated rings. The quantitative estimate of drug-likeness (QED) is 0.741. The first-order chi connectivity index (χ1) is 7.78. The van der Waals surface area contributed by atoms with E-state index < -0.39 is 0 Å². The van der Waals surface area contributed by atoms with Crippen molar-refractivity contribution in [3.8, 4) is 0 Å². The number of fused-ring (bicyclic) bond motifs is 2. The average Bonchev–Trinajstić information content (AvgIpc) is 2.90. The van der Waals surface area contributed by atoms with Gasteiger partial charge in [-0.3, -0.25) is 0 Å². The van der Waals surface area contributed by atoms with Gasteiger partial charge >= 0.3 is 0 Å². The van der Waals surface area contributed by atoms with Crippen molar-refractivity contribution < 1.29 is 0 Å². The number of benzene rings is 1.